The molecule has 4 heterocycles. The first-order chi connectivity index (χ1) is 18.0. The van der Waals surface area contributed by atoms with Crippen LogP contribution < -0.4 is 10.3 Å². The van der Waals surface area contributed by atoms with Gasteiger partial charge in [-0.15, -0.1) is 0 Å². The Bertz CT molecular complexity index is 1950. The van der Waals surface area contributed by atoms with E-state index in [1.807, 2.05) is 37.3 Å². The molecule has 6 aromatic rings. The number of aromatic amines is 2. The summed E-state index contributed by atoms with van der Waals surface area (Å²) >= 11 is 0. The summed E-state index contributed by atoms with van der Waals surface area (Å²) in [5.74, 6) is -2.17. The summed E-state index contributed by atoms with van der Waals surface area (Å²) < 4.78 is 5.88. The fraction of sp³-hybridized carbons (Fsp3) is 0.103. The van der Waals surface area contributed by atoms with Crippen molar-refractivity contribution in [2.75, 3.05) is 4.90 Å². The van der Waals surface area contributed by atoms with E-state index in [1.54, 1.807) is 42.9 Å². The predicted molar refractivity (Wildman–Crippen MR) is 140 cm³/mol. The van der Waals surface area contributed by atoms with Crippen molar-refractivity contribution < 1.29 is 14.0 Å². The lowest BCUT2D eigenvalue weighted by atomic mass is 9.86. The van der Waals surface area contributed by atoms with Gasteiger partial charge in [0.1, 0.15) is 11.8 Å². The number of aryl methyl sites for hydroxylation is 1. The highest BCUT2D eigenvalue weighted by Crippen LogP contribution is 2.46. The van der Waals surface area contributed by atoms with Crippen molar-refractivity contribution in [2.45, 2.75) is 18.9 Å². The molecule has 1 aliphatic rings. The molecule has 2 atom stereocenters. The average molecular weight is 489 g/mol. The van der Waals surface area contributed by atoms with Gasteiger partial charge in [0, 0.05) is 22.8 Å². The number of amides is 1. The Morgan fingerprint density at radius 1 is 0.892 bits per heavy atom. The van der Waals surface area contributed by atoms with Gasteiger partial charge in [0.25, 0.3) is 5.91 Å². The second-order valence-corrected chi connectivity index (χ2v) is 9.38. The topological polar surface area (TPSA) is 112 Å². The zero-order valence-electron chi connectivity index (χ0n) is 19.7. The maximum Gasteiger partial charge on any atom is 0.295 e. The number of carbonyl (C=O) groups is 2. The number of aromatic nitrogens is 3. The predicted octanol–water partition coefficient (Wildman–Crippen LogP) is 4.90. The van der Waals surface area contributed by atoms with Crippen LogP contribution in [0.4, 0.5) is 5.69 Å². The number of Topliss-reactive ketones (excluding diaryl/α,β-unsaturated/α-hetero) is 1. The number of imidazole rings is 1. The quantitative estimate of drug-likeness (QED) is 0.344. The molecule has 1 aliphatic heterocycles. The Morgan fingerprint density at radius 3 is 2.65 bits per heavy atom. The highest BCUT2D eigenvalue weighted by atomic mass is 16.3. The molecule has 8 nitrogen and oxygen atoms in total. The van der Waals surface area contributed by atoms with Crippen LogP contribution in [-0.2, 0) is 9.59 Å². The first kappa shape index (κ1) is 21.3. The summed E-state index contributed by atoms with van der Waals surface area (Å²) in [5, 5.41) is 1.23. The summed E-state index contributed by atoms with van der Waals surface area (Å²) in [5.41, 5.74) is 4.77. The summed E-state index contributed by atoms with van der Waals surface area (Å²) in [6.45, 7) is 1.90. The summed E-state index contributed by atoms with van der Waals surface area (Å²) in [4.78, 5) is 53.1. The second-order valence-electron chi connectivity index (χ2n) is 9.38. The number of hydrogen-bond donors (Lipinski definition) is 2. The van der Waals surface area contributed by atoms with Gasteiger partial charge < -0.3 is 14.4 Å². The van der Waals surface area contributed by atoms with E-state index in [2.05, 4.69) is 15.0 Å². The molecule has 2 unspecified atom stereocenters. The van der Waals surface area contributed by atoms with Crippen LogP contribution in [0.1, 0.15) is 28.7 Å². The van der Waals surface area contributed by atoms with Gasteiger partial charge in [-0.3, -0.25) is 19.3 Å². The number of H-pyrrole nitrogens is 2. The Kier molecular flexibility index (Phi) is 4.47. The zero-order chi connectivity index (χ0) is 25.3. The lowest BCUT2D eigenvalue weighted by Gasteiger charge is -2.27. The summed E-state index contributed by atoms with van der Waals surface area (Å²) in [7, 11) is 0. The van der Waals surface area contributed by atoms with E-state index in [0.29, 0.717) is 27.7 Å². The second kappa shape index (κ2) is 7.76. The van der Waals surface area contributed by atoms with E-state index in [1.165, 1.54) is 11.2 Å². The van der Waals surface area contributed by atoms with Crippen LogP contribution in [0.2, 0.25) is 0 Å². The molecule has 0 bridgehead atoms. The van der Waals surface area contributed by atoms with E-state index in [9.17, 15) is 14.4 Å². The van der Waals surface area contributed by atoms with Crippen LogP contribution >= 0.6 is 0 Å². The van der Waals surface area contributed by atoms with Crippen molar-refractivity contribution in [1.29, 1.82) is 0 Å². The van der Waals surface area contributed by atoms with Crippen molar-refractivity contribution in [3.63, 3.8) is 0 Å². The minimum atomic E-state index is -0.911. The highest BCUT2D eigenvalue weighted by Gasteiger charge is 2.51. The SMILES string of the molecule is Cc1ccc2occ(C3C(c4c[nH]c5ccccc45)C(=O)C(=O)N3c3ccc4nc[nH]c4c3)c(=O)c2c1. The molecule has 1 saturated heterocycles. The van der Waals surface area contributed by atoms with E-state index in [-0.39, 0.29) is 11.0 Å². The van der Waals surface area contributed by atoms with Crippen molar-refractivity contribution in [3.05, 3.63) is 106 Å². The fourth-order valence-corrected chi connectivity index (χ4v) is 5.47. The third kappa shape index (κ3) is 3.09. The third-order valence-corrected chi connectivity index (χ3v) is 7.22. The molecule has 1 fully saturated rings. The van der Waals surface area contributed by atoms with Crippen LogP contribution in [0.5, 0.6) is 0 Å². The van der Waals surface area contributed by atoms with Gasteiger partial charge >= 0.3 is 0 Å². The number of rotatable bonds is 3. The first-order valence-corrected chi connectivity index (χ1v) is 11.9. The van der Waals surface area contributed by atoms with Crippen LogP contribution in [0.15, 0.2) is 88.7 Å². The van der Waals surface area contributed by atoms with E-state index >= 15 is 0 Å². The van der Waals surface area contributed by atoms with Gasteiger partial charge in [0.15, 0.2) is 5.43 Å². The molecule has 0 spiro atoms. The van der Waals surface area contributed by atoms with E-state index < -0.39 is 23.7 Å². The average Bonchev–Trinajstić information content (AvgIpc) is 3.61. The van der Waals surface area contributed by atoms with E-state index in [0.717, 1.165) is 22.0 Å². The number of ketones is 1. The molecule has 3 aromatic carbocycles. The van der Waals surface area contributed by atoms with Gasteiger partial charge in [-0.05, 0) is 48.9 Å². The van der Waals surface area contributed by atoms with Crippen LogP contribution in [0.3, 0.4) is 0 Å². The van der Waals surface area contributed by atoms with Crippen LogP contribution in [0, 0.1) is 6.92 Å². The minimum Gasteiger partial charge on any atom is -0.464 e. The van der Waals surface area contributed by atoms with Crippen molar-refractivity contribution in [2.24, 2.45) is 0 Å². The molecular weight excluding hydrogens is 468 g/mol. The van der Waals surface area contributed by atoms with Gasteiger partial charge in [-0.2, -0.15) is 0 Å². The smallest absolute Gasteiger partial charge is 0.295 e. The normalized spacial score (nSPS) is 18.0. The van der Waals surface area contributed by atoms with Crippen molar-refractivity contribution in [1.82, 2.24) is 15.0 Å². The van der Waals surface area contributed by atoms with Crippen molar-refractivity contribution >= 4 is 50.3 Å². The number of anilines is 1. The molecule has 37 heavy (non-hydrogen) atoms. The molecular formula is C29H20N4O4. The Hall–Kier alpha value is -4.98. The summed E-state index contributed by atoms with van der Waals surface area (Å²) in [6, 6.07) is 17.4. The third-order valence-electron chi connectivity index (χ3n) is 7.22. The lowest BCUT2D eigenvalue weighted by Crippen LogP contribution is -2.32. The van der Waals surface area contributed by atoms with Crippen LogP contribution in [0.25, 0.3) is 32.9 Å². The maximum atomic E-state index is 13.9. The number of fused-ring (bicyclic) bond motifs is 3. The highest BCUT2D eigenvalue weighted by molar-refractivity contribution is 6.46. The minimum absolute atomic E-state index is 0.247. The number of benzene rings is 3. The zero-order valence-corrected chi connectivity index (χ0v) is 19.7. The number of nitrogens with one attached hydrogen (secondary N) is 2. The number of carbonyl (C=O) groups excluding carboxylic acids is 2. The van der Waals surface area contributed by atoms with Crippen LogP contribution in [-0.4, -0.2) is 26.6 Å². The largest absolute Gasteiger partial charge is 0.464 e. The fourth-order valence-electron chi connectivity index (χ4n) is 5.47. The van der Waals surface area contributed by atoms with Gasteiger partial charge in [0.2, 0.25) is 5.78 Å². The Labute approximate surface area is 209 Å². The molecule has 0 saturated carbocycles. The van der Waals surface area contributed by atoms with Gasteiger partial charge in [0.05, 0.1) is 40.3 Å². The number of para-hydroxylation sites is 1. The maximum absolute atomic E-state index is 13.9. The Balaban J connectivity index is 1.51. The number of hydrogen-bond acceptors (Lipinski definition) is 5. The summed E-state index contributed by atoms with van der Waals surface area (Å²) in [6.07, 6.45) is 4.71. The molecule has 0 aliphatic carbocycles. The van der Waals surface area contributed by atoms with E-state index in [4.69, 9.17) is 4.42 Å². The Morgan fingerprint density at radius 2 is 1.76 bits per heavy atom. The molecule has 2 N–H and O–H groups in total. The first-order valence-electron chi connectivity index (χ1n) is 11.9. The molecule has 8 heteroatoms. The molecule has 7 rings (SSSR count). The van der Waals surface area contributed by atoms with Gasteiger partial charge in [-0.1, -0.05) is 29.8 Å². The number of nitrogens with zero attached hydrogens (tertiary/aromatic N) is 2. The lowest BCUT2D eigenvalue weighted by molar-refractivity contribution is -0.134. The standard InChI is InChI=1S/C29H20N4O4/c1-15-6-9-24-18(10-15)27(34)20(13-37-24)26-25(19-12-30-21-5-3-2-4-17(19)21)28(35)29(36)33(26)16-7-8-22-23(11-16)32-14-31-22/h2-14,25-26,30H,1H3,(H,31,32). The molecule has 180 valence electrons. The molecule has 1 amide bonds. The van der Waals surface area contributed by atoms with Crippen molar-refractivity contribution in [3.8, 4) is 0 Å². The molecule has 0 radical (unpaired) electrons. The monoisotopic (exact) mass is 488 g/mol. The van der Waals surface area contributed by atoms with Gasteiger partial charge in [-0.25, -0.2) is 4.98 Å². The molecule has 3 aromatic heterocycles.